The molecule has 2 bridgehead atoms. The van der Waals surface area contributed by atoms with Crippen LogP contribution in [0.25, 0.3) is 0 Å². The van der Waals surface area contributed by atoms with E-state index in [1.807, 2.05) is 0 Å². The van der Waals surface area contributed by atoms with Crippen LogP contribution in [0.3, 0.4) is 0 Å². The van der Waals surface area contributed by atoms with Gasteiger partial charge in [-0.2, -0.15) is 0 Å². The van der Waals surface area contributed by atoms with Crippen LogP contribution in [0.15, 0.2) is 12.2 Å². The third-order valence-electron chi connectivity index (χ3n) is 3.59. The molecule has 2 fully saturated rings. The summed E-state index contributed by atoms with van der Waals surface area (Å²) in [4.78, 5) is 2.48. The molecule has 0 saturated carbocycles. The number of nitrogens with one attached hydrogen (secondary N) is 1. The standard InChI is InChI=1S/C12H22N2/c1-9(2)8-14(3)12-6-10-4-5-11(7-12)13-10/h10-13H,1,4-8H2,2-3H3. The summed E-state index contributed by atoms with van der Waals surface area (Å²) in [7, 11) is 2.24. The summed E-state index contributed by atoms with van der Waals surface area (Å²) in [5.41, 5.74) is 1.28. The van der Waals surface area contributed by atoms with Crippen molar-refractivity contribution in [1.29, 1.82) is 0 Å². The molecular weight excluding hydrogens is 172 g/mol. The highest BCUT2D eigenvalue weighted by molar-refractivity contribution is 4.98. The smallest absolute Gasteiger partial charge is 0.0187 e. The van der Waals surface area contributed by atoms with Gasteiger partial charge >= 0.3 is 0 Å². The lowest BCUT2D eigenvalue weighted by molar-refractivity contribution is 0.184. The number of likely N-dealkylation sites (N-methyl/N-ethyl adjacent to an activating group) is 1. The van der Waals surface area contributed by atoms with Crippen molar-refractivity contribution in [3.8, 4) is 0 Å². The molecule has 1 N–H and O–H groups in total. The molecule has 2 atom stereocenters. The van der Waals surface area contributed by atoms with E-state index < -0.39 is 0 Å². The van der Waals surface area contributed by atoms with Gasteiger partial charge in [0.25, 0.3) is 0 Å². The molecule has 0 aliphatic carbocycles. The van der Waals surface area contributed by atoms with Gasteiger partial charge in [-0.1, -0.05) is 12.2 Å². The van der Waals surface area contributed by atoms with Crippen LogP contribution < -0.4 is 5.32 Å². The number of piperidine rings is 1. The first-order valence-electron chi connectivity index (χ1n) is 5.76. The summed E-state index contributed by atoms with van der Waals surface area (Å²) in [6.45, 7) is 7.16. The summed E-state index contributed by atoms with van der Waals surface area (Å²) in [6.07, 6.45) is 5.45. The second kappa shape index (κ2) is 4.03. The Labute approximate surface area is 87.4 Å². The van der Waals surface area contributed by atoms with Crippen LogP contribution in [0, 0.1) is 0 Å². The monoisotopic (exact) mass is 194 g/mol. The normalized spacial score (nSPS) is 36.4. The lowest BCUT2D eigenvalue weighted by Gasteiger charge is -2.35. The van der Waals surface area contributed by atoms with Crippen LogP contribution in [0.2, 0.25) is 0 Å². The summed E-state index contributed by atoms with van der Waals surface area (Å²) < 4.78 is 0. The third-order valence-corrected chi connectivity index (χ3v) is 3.59. The molecule has 2 saturated heterocycles. The van der Waals surface area contributed by atoms with Crippen molar-refractivity contribution in [2.45, 2.75) is 50.7 Å². The minimum absolute atomic E-state index is 0.783. The fourth-order valence-corrected chi connectivity index (χ4v) is 2.94. The van der Waals surface area contributed by atoms with Gasteiger partial charge in [-0.3, -0.25) is 4.90 Å². The number of rotatable bonds is 3. The molecule has 0 amide bonds. The SMILES string of the molecule is C=C(C)CN(C)C1CC2CCC(C1)N2. The van der Waals surface area contributed by atoms with Gasteiger partial charge in [0.2, 0.25) is 0 Å². The quantitative estimate of drug-likeness (QED) is 0.689. The van der Waals surface area contributed by atoms with Crippen molar-refractivity contribution in [1.82, 2.24) is 10.2 Å². The average molecular weight is 194 g/mol. The van der Waals surface area contributed by atoms with Gasteiger partial charge in [-0.15, -0.1) is 0 Å². The maximum atomic E-state index is 3.99. The van der Waals surface area contributed by atoms with E-state index in [9.17, 15) is 0 Å². The van der Waals surface area contributed by atoms with E-state index in [1.165, 1.54) is 31.3 Å². The highest BCUT2D eigenvalue weighted by atomic mass is 15.2. The van der Waals surface area contributed by atoms with E-state index in [4.69, 9.17) is 0 Å². The van der Waals surface area contributed by atoms with Crippen LogP contribution in [0.4, 0.5) is 0 Å². The van der Waals surface area contributed by atoms with Gasteiger partial charge in [0.15, 0.2) is 0 Å². The van der Waals surface area contributed by atoms with E-state index in [1.54, 1.807) is 0 Å². The van der Waals surface area contributed by atoms with Crippen molar-refractivity contribution in [2.75, 3.05) is 13.6 Å². The molecule has 0 spiro atoms. The first kappa shape index (κ1) is 10.2. The van der Waals surface area contributed by atoms with Crippen molar-refractivity contribution in [2.24, 2.45) is 0 Å². The fraction of sp³-hybridized carbons (Fsp3) is 0.833. The molecule has 2 aliphatic heterocycles. The zero-order valence-electron chi connectivity index (χ0n) is 9.42. The minimum atomic E-state index is 0.783. The Bertz CT molecular complexity index is 212. The number of hydrogen-bond acceptors (Lipinski definition) is 2. The maximum Gasteiger partial charge on any atom is 0.0187 e. The Kier molecular flexibility index (Phi) is 2.93. The molecule has 0 radical (unpaired) electrons. The van der Waals surface area contributed by atoms with E-state index in [2.05, 4.69) is 30.8 Å². The average Bonchev–Trinajstić information content (AvgIpc) is 2.44. The summed E-state index contributed by atoms with van der Waals surface area (Å²) >= 11 is 0. The van der Waals surface area contributed by atoms with Gasteiger partial charge in [-0.25, -0.2) is 0 Å². The van der Waals surface area contributed by atoms with Crippen LogP contribution in [-0.4, -0.2) is 36.6 Å². The van der Waals surface area contributed by atoms with Crippen LogP contribution >= 0.6 is 0 Å². The molecule has 2 aliphatic rings. The molecule has 2 unspecified atom stereocenters. The molecule has 14 heavy (non-hydrogen) atoms. The van der Waals surface area contributed by atoms with Crippen molar-refractivity contribution >= 4 is 0 Å². The number of fused-ring (bicyclic) bond motifs is 2. The van der Waals surface area contributed by atoms with E-state index in [-0.39, 0.29) is 0 Å². The third kappa shape index (κ3) is 2.18. The van der Waals surface area contributed by atoms with Gasteiger partial charge in [0, 0.05) is 24.7 Å². The highest BCUT2D eigenvalue weighted by Crippen LogP contribution is 2.29. The number of hydrogen-bond donors (Lipinski definition) is 1. The topological polar surface area (TPSA) is 15.3 Å². The Morgan fingerprint density at radius 1 is 1.36 bits per heavy atom. The molecule has 2 nitrogen and oxygen atoms in total. The molecule has 2 rings (SSSR count). The Hall–Kier alpha value is -0.340. The Morgan fingerprint density at radius 2 is 1.93 bits per heavy atom. The molecule has 0 aromatic rings. The Morgan fingerprint density at radius 3 is 2.43 bits per heavy atom. The van der Waals surface area contributed by atoms with Gasteiger partial charge in [0.05, 0.1) is 0 Å². The van der Waals surface area contributed by atoms with Gasteiger partial charge < -0.3 is 5.32 Å². The van der Waals surface area contributed by atoms with Gasteiger partial charge in [-0.05, 0) is 39.7 Å². The molecule has 80 valence electrons. The lowest BCUT2D eigenvalue weighted by atomic mass is 9.98. The van der Waals surface area contributed by atoms with E-state index >= 15 is 0 Å². The fourth-order valence-electron chi connectivity index (χ4n) is 2.94. The van der Waals surface area contributed by atoms with Crippen LogP contribution in [0.1, 0.15) is 32.6 Å². The molecule has 2 heteroatoms. The Balaban J connectivity index is 1.89. The van der Waals surface area contributed by atoms with Crippen molar-refractivity contribution < 1.29 is 0 Å². The lowest BCUT2D eigenvalue weighted by Crippen LogP contribution is -2.47. The maximum absolute atomic E-state index is 3.99. The first-order valence-corrected chi connectivity index (χ1v) is 5.76. The van der Waals surface area contributed by atoms with Crippen molar-refractivity contribution in [3.63, 3.8) is 0 Å². The highest BCUT2D eigenvalue weighted by Gasteiger charge is 2.34. The predicted molar refractivity (Wildman–Crippen MR) is 60.4 cm³/mol. The molecule has 0 aromatic heterocycles. The first-order chi connectivity index (χ1) is 6.65. The zero-order valence-corrected chi connectivity index (χ0v) is 9.42. The molecule has 2 heterocycles. The van der Waals surface area contributed by atoms with Crippen LogP contribution in [-0.2, 0) is 0 Å². The molecule has 0 aromatic carbocycles. The van der Waals surface area contributed by atoms with E-state index in [0.717, 1.165) is 24.7 Å². The van der Waals surface area contributed by atoms with Crippen LogP contribution in [0.5, 0.6) is 0 Å². The van der Waals surface area contributed by atoms with E-state index in [0.29, 0.717) is 0 Å². The van der Waals surface area contributed by atoms with Gasteiger partial charge in [0.1, 0.15) is 0 Å². The largest absolute Gasteiger partial charge is 0.311 e. The molecular formula is C12H22N2. The predicted octanol–water partition coefficient (Wildman–Crippen LogP) is 1.78. The van der Waals surface area contributed by atoms with Crippen molar-refractivity contribution in [3.05, 3.63) is 12.2 Å². The zero-order chi connectivity index (χ0) is 10.1. The summed E-state index contributed by atoms with van der Waals surface area (Å²) in [5.74, 6) is 0. The second-order valence-electron chi connectivity index (χ2n) is 5.14. The minimum Gasteiger partial charge on any atom is -0.311 e. The number of nitrogens with zero attached hydrogens (tertiary/aromatic N) is 1. The summed E-state index contributed by atoms with van der Waals surface area (Å²) in [5, 5.41) is 3.68. The second-order valence-corrected chi connectivity index (χ2v) is 5.14. The summed E-state index contributed by atoms with van der Waals surface area (Å²) in [6, 6.07) is 2.38.